The number of piperidine rings is 1. The smallest absolute Gasteiger partial charge is 0.226 e. The molecular weight excluding hydrogens is 202 g/mol. The molecule has 84 valence electrons. The van der Waals surface area contributed by atoms with Crippen molar-refractivity contribution in [2.75, 3.05) is 11.4 Å². The summed E-state index contributed by atoms with van der Waals surface area (Å²) in [5.41, 5.74) is 2.58. The van der Waals surface area contributed by atoms with Gasteiger partial charge < -0.3 is 4.90 Å². The van der Waals surface area contributed by atoms with E-state index in [-0.39, 0.29) is 5.91 Å². The zero-order valence-corrected chi connectivity index (χ0v) is 9.40. The quantitative estimate of drug-likeness (QED) is 0.713. The van der Waals surface area contributed by atoms with Crippen LogP contribution < -0.4 is 4.90 Å². The van der Waals surface area contributed by atoms with Gasteiger partial charge in [0, 0.05) is 24.2 Å². The van der Waals surface area contributed by atoms with Crippen LogP contribution in [-0.2, 0) is 4.79 Å². The normalized spacial score (nSPS) is 16.3. The van der Waals surface area contributed by atoms with Crippen LogP contribution in [-0.4, -0.2) is 18.7 Å². The van der Waals surface area contributed by atoms with Gasteiger partial charge >= 0.3 is 0 Å². The third-order valence-corrected chi connectivity index (χ3v) is 2.97. The van der Waals surface area contributed by atoms with Crippen LogP contribution in [0.15, 0.2) is 18.2 Å². The second-order valence-electron chi connectivity index (χ2n) is 4.17. The second-order valence-corrected chi connectivity index (χ2v) is 4.17. The van der Waals surface area contributed by atoms with E-state index >= 15 is 0 Å². The standard InChI is InChI=1S/C13H15NO2/c1-10-8-11(9-15)5-6-12(10)14-7-3-2-4-13(14)16/h5-6,8-9H,2-4,7H2,1H3. The maximum Gasteiger partial charge on any atom is 0.226 e. The number of hydrogen-bond acceptors (Lipinski definition) is 2. The van der Waals surface area contributed by atoms with Crippen molar-refractivity contribution in [2.45, 2.75) is 26.2 Å². The highest BCUT2D eigenvalue weighted by Gasteiger charge is 2.20. The fraction of sp³-hybridized carbons (Fsp3) is 0.385. The molecule has 1 aromatic carbocycles. The van der Waals surface area contributed by atoms with Gasteiger partial charge in [-0.25, -0.2) is 0 Å². The number of anilines is 1. The van der Waals surface area contributed by atoms with Crippen LogP contribution in [0.4, 0.5) is 5.69 Å². The molecule has 1 aromatic rings. The Bertz CT molecular complexity index is 426. The Labute approximate surface area is 95.1 Å². The Morgan fingerprint density at radius 2 is 2.12 bits per heavy atom. The molecule has 1 aliphatic rings. The molecule has 2 rings (SSSR count). The molecule has 1 fully saturated rings. The van der Waals surface area contributed by atoms with Gasteiger partial charge in [0.1, 0.15) is 6.29 Å². The minimum atomic E-state index is 0.188. The molecule has 3 heteroatoms. The summed E-state index contributed by atoms with van der Waals surface area (Å²) in [6.45, 7) is 2.73. The van der Waals surface area contributed by atoms with Gasteiger partial charge in [0.2, 0.25) is 5.91 Å². The van der Waals surface area contributed by atoms with E-state index in [9.17, 15) is 9.59 Å². The highest BCUT2D eigenvalue weighted by Crippen LogP contribution is 2.24. The van der Waals surface area contributed by atoms with E-state index in [0.29, 0.717) is 12.0 Å². The third-order valence-electron chi connectivity index (χ3n) is 2.97. The summed E-state index contributed by atoms with van der Waals surface area (Å²) in [6, 6.07) is 5.45. The van der Waals surface area contributed by atoms with Crippen LogP contribution in [0.2, 0.25) is 0 Å². The van der Waals surface area contributed by atoms with Crippen LogP contribution in [0.25, 0.3) is 0 Å². The second kappa shape index (κ2) is 4.47. The van der Waals surface area contributed by atoms with E-state index < -0.39 is 0 Å². The van der Waals surface area contributed by atoms with E-state index in [1.54, 1.807) is 6.07 Å². The first kappa shape index (κ1) is 10.9. The molecular formula is C13H15NO2. The predicted molar refractivity (Wildman–Crippen MR) is 62.8 cm³/mol. The van der Waals surface area contributed by atoms with Crippen molar-refractivity contribution in [3.63, 3.8) is 0 Å². The number of rotatable bonds is 2. The summed E-state index contributed by atoms with van der Waals surface area (Å²) in [4.78, 5) is 24.2. The van der Waals surface area contributed by atoms with Crippen molar-refractivity contribution < 1.29 is 9.59 Å². The van der Waals surface area contributed by atoms with Gasteiger partial charge in [0.05, 0.1) is 0 Å². The molecule has 3 nitrogen and oxygen atoms in total. The Kier molecular flexibility index (Phi) is 3.04. The van der Waals surface area contributed by atoms with Gasteiger partial charge in [-0.2, -0.15) is 0 Å². The minimum absolute atomic E-state index is 0.188. The largest absolute Gasteiger partial charge is 0.312 e. The summed E-state index contributed by atoms with van der Waals surface area (Å²) in [5, 5.41) is 0. The van der Waals surface area contributed by atoms with Gasteiger partial charge in [-0.15, -0.1) is 0 Å². The van der Waals surface area contributed by atoms with Crippen LogP contribution in [0.5, 0.6) is 0 Å². The van der Waals surface area contributed by atoms with Crippen molar-refractivity contribution in [2.24, 2.45) is 0 Å². The molecule has 0 unspecified atom stereocenters. The number of carbonyl (C=O) groups excluding carboxylic acids is 2. The third kappa shape index (κ3) is 1.98. The molecule has 1 aliphatic heterocycles. The van der Waals surface area contributed by atoms with Crippen molar-refractivity contribution in [1.82, 2.24) is 0 Å². The summed E-state index contributed by atoms with van der Waals surface area (Å²) < 4.78 is 0. The number of nitrogens with zero attached hydrogens (tertiary/aromatic N) is 1. The highest BCUT2D eigenvalue weighted by molar-refractivity contribution is 5.95. The number of hydrogen-bond donors (Lipinski definition) is 0. The zero-order valence-electron chi connectivity index (χ0n) is 9.40. The average molecular weight is 217 g/mol. The molecule has 1 heterocycles. The van der Waals surface area contributed by atoms with Crippen LogP contribution >= 0.6 is 0 Å². The monoisotopic (exact) mass is 217 g/mol. The van der Waals surface area contributed by atoms with Crippen LogP contribution in [0, 0.1) is 6.92 Å². The van der Waals surface area contributed by atoms with E-state index in [2.05, 4.69) is 0 Å². The van der Waals surface area contributed by atoms with Gasteiger partial charge in [0.15, 0.2) is 0 Å². The highest BCUT2D eigenvalue weighted by atomic mass is 16.2. The zero-order chi connectivity index (χ0) is 11.5. The topological polar surface area (TPSA) is 37.4 Å². The van der Waals surface area contributed by atoms with E-state index in [4.69, 9.17) is 0 Å². The lowest BCUT2D eigenvalue weighted by molar-refractivity contribution is -0.119. The van der Waals surface area contributed by atoms with Gasteiger partial charge in [-0.1, -0.05) is 0 Å². The van der Waals surface area contributed by atoms with Crippen molar-refractivity contribution in [3.8, 4) is 0 Å². The lowest BCUT2D eigenvalue weighted by Gasteiger charge is -2.28. The first-order valence-corrected chi connectivity index (χ1v) is 5.58. The summed E-state index contributed by atoms with van der Waals surface area (Å²) in [7, 11) is 0. The lowest BCUT2D eigenvalue weighted by Crippen LogP contribution is -2.35. The van der Waals surface area contributed by atoms with Crippen LogP contribution in [0.3, 0.4) is 0 Å². The molecule has 0 N–H and O–H groups in total. The van der Waals surface area contributed by atoms with E-state index in [1.807, 2.05) is 24.0 Å². The number of aryl methyl sites for hydroxylation is 1. The first-order valence-electron chi connectivity index (χ1n) is 5.58. The van der Waals surface area contributed by atoms with E-state index in [0.717, 1.165) is 36.9 Å². The fourth-order valence-electron chi connectivity index (χ4n) is 2.12. The maximum atomic E-state index is 11.8. The molecule has 0 spiro atoms. The fourth-order valence-corrected chi connectivity index (χ4v) is 2.12. The number of carbonyl (C=O) groups is 2. The Morgan fingerprint density at radius 3 is 2.75 bits per heavy atom. The molecule has 0 saturated carbocycles. The molecule has 1 saturated heterocycles. The number of aldehydes is 1. The lowest BCUT2D eigenvalue weighted by atomic mass is 10.1. The molecule has 0 aliphatic carbocycles. The first-order chi connectivity index (χ1) is 7.72. The summed E-state index contributed by atoms with van der Waals surface area (Å²) in [6.07, 6.45) is 3.51. The summed E-state index contributed by atoms with van der Waals surface area (Å²) >= 11 is 0. The van der Waals surface area contributed by atoms with Crippen molar-refractivity contribution in [1.29, 1.82) is 0 Å². The Morgan fingerprint density at radius 1 is 1.31 bits per heavy atom. The predicted octanol–water partition coefficient (Wildman–Crippen LogP) is 2.32. The molecule has 16 heavy (non-hydrogen) atoms. The Hall–Kier alpha value is -1.64. The van der Waals surface area contributed by atoms with Gasteiger partial charge in [-0.3, -0.25) is 9.59 Å². The number of amides is 1. The van der Waals surface area contributed by atoms with Gasteiger partial charge in [-0.05, 0) is 43.5 Å². The molecule has 0 atom stereocenters. The number of benzene rings is 1. The Balaban J connectivity index is 2.32. The molecule has 0 bridgehead atoms. The molecule has 0 radical (unpaired) electrons. The minimum Gasteiger partial charge on any atom is -0.312 e. The molecule has 1 amide bonds. The van der Waals surface area contributed by atoms with Crippen molar-refractivity contribution in [3.05, 3.63) is 29.3 Å². The molecule has 0 aromatic heterocycles. The van der Waals surface area contributed by atoms with Crippen LogP contribution in [0.1, 0.15) is 35.2 Å². The summed E-state index contributed by atoms with van der Waals surface area (Å²) in [5.74, 6) is 0.188. The maximum absolute atomic E-state index is 11.8. The van der Waals surface area contributed by atoms with Gasteiger partial charge in [0.25, 0.3) is 0 Å². The average Bonchev–Trinajstić information content (AvgIpc) is 2.30. The van der Waals surface area contributed by atoms with Crippen molar-refractivity contribution >= 4 is 17.9 Å². The SMILES string of the molecule is Cc1cc(C=O)ccc1N1CCCCC1=O. The van der Waals surface area contributed by atoms with E-state index in [1.165, 1.54) is 0 Å².